The molecule has 2 N–H and O–H groups in total. The van der Waals surface area contributed by atoms with E-state index in [0.717, 1.165) is 6.42 Å². The third kappa shape index (κ3) is 10.0. The zero-order valence-corrected chi connectivity index (χ0v) is 13.7. The van der Waals surface area contributed by atoms with Crippen molar-refractivity contribution in [3.63, 3.8) is 0 Å². The Balaban J connectivity index is 0. The van der Waals surface area contributed by atoms with Gasteiger partial charge in [0.05, 0.1) is 13.2 Å². The molecule has 0 aliphatic carbocycles. The molecule has 0 aromatic heterocycles. The molecule has 2 atom stereocenters. The van der Waals surface area contributed by atoms with Gasteiger partial charge in [0.1, 0.15) is 6.04 Å². The van der Waals surface area contributed by atoms with Crippen molar-refractivity contribution in [1.82, 2.24) is 0 Å². The molecule has 0 aromatic carbocycles. The molecule has 1 unspecified atom stereocenters. The smallest absolute Gasteiger partial charge is 0.322 e. The van der Waals surface area contributed by atoms with Crippen molar-refractivity contribution < 1.29 is 19.1 Å². The molecule has 120 valence electrons. The van der Waals surface area contributed by atoms with E-state index in [1.807, 2.05) is 20.8 Å². The predicted octanol–water partition coefficient (Wildman–Crippen LogP) is 2.30. The first-order valence-corrected chi connectivity index (χ1v) is 6.98. The first kappa shape index (κ1) is 21.5. The molecule has 0 heterocycles. The number of nitrogens with two attached hydrogens (primary N) is 1. The van der Waals surface area contributed by atoms with Crippen LogP contribution in [0.5, 0.6) is 0 Å². The molecule has 0 bridgehead atoms. The lowest BCUT2D eigenvalue weighted by atomic mass is 10.0. The number of halogens is 1. The maximum atomic E-state index is 11.6. The van der Waals surface area contributed by atoms with Gasteiger partial charge in [-0.1, -0.05) is 27.7 Å². The van der Waals surface area contributed by atoms with Gasteiger partial charge in [0.25, 0.3) is 0 Å². The third-order valence-corrected chi connectivity index (χ3v) is 2.84. The topological polar surface area (TPSA) is 78.6 Å². The van der Waals surface area contributed by atoms with Gasteiger partial charge in [0.15, 0.2) is 0 Å². The summed E-state index contributed by atoms with van der Waals surface area (Å²) >= 11 is 0. The molecule has 0 saturated heterocycles. The maximum absolute atomic E-state index is 11.6. The molecule has 0 fully saturated rings. The fourth-order valence-electron chi connectivity index (χ4n) is 1.51. The van der Waals surface area contributed by atoms with Crippen LogP contribution in [0.4, 0.5) is 0 Å². The summed E-state index contributed by atoms with van der Waals surface area (Å²) in [7, 11) is 0. The second-order valence-electron chi connectivity index (χ2n) is 5.18. The zero-order chi connectivity index (χ0) is 14.8. The van der Waals surface area contributed by atoms with E-state index in [0.29, 0.717) is 18.8 Å². The molecular formula is C14H28ClNO4. The fourth-order valence-corrected chi connectivity index (χ4v) is 1.51. The Hall–Kier alpha value is -0.810. The van der Waals surface area contributed by atoms with E-state index in [4.69, 9.17) is 15.2 Å². The Morgan fingerprint density at radius 1 is 1.10 bits per heavy atom. The Bertz CT molecular complexity index is 284. The first-order chi connectivity index (χ1) is 8.90. The highest BCUT2D eigenvalue weighted by Gasteiger charge is 2.18. The van der Waals surface area contributed by atoms with Crippen LogP contribution in [-0.4, -0.2) is 31.2 Å². The molecule has 0 aliphatic heterocycles. The van der Waals surface area contributed by atoms with Crippen LogP contribution in [0.3, 0.4) is 0 Å². The Morgan fingerprint density at radius 3 is 2.10 bits per heavy atom. The SMILES string of the molecule is CCC(=O)OCC(CC)COC(=O)[C@@H](N)CC(C)C.Cl. The molecule has 0 radical (unpaired) electrons. The maximum Gasteiger partial charge on any atom is 0.322 e. The predicted molar refractivity (Wildman–Crippen MR) is 80.7 cm³/mol. The normalized spacial score (nSPS) is 13.3. The van der Waals surface area contributed by atoms with Gasteiger partial charge in [-0.05, 0) is 18.8 Å². The van der Waals surface area contributed by atoms with Crippen molar-refractivity contribution in [3.05, 3.63) is 0 Å². The lowest BCUT2D eigenvalue weighted by Crippen LogP contribution is -2.35. The molecular weight excluding hydrogens is 282 g/mol. The highest BCUT2D eigenvalue weighted by molar-refractivity contribution is 5.85. The first-order valence-electron chi connectivity index (χ1n) is 6.98. The Morgan fingerprint density at radius 2 is 1.65 bits per heavy atom. The van der Waals surface area contributed by atoms with Gasteiger partial charge in [-0.2, -0.15) is 0 Å². The summed E-state index contributed by atoms with van der Waals surface area (Å²) in [6.45, 7) is 8.26. The molecule has 0 rings (SSSR count). The second-order valence-corrected chi connectivity index (χ2v) is 5.18. The minimum atomic E-state index is -0.573. The molecule has 0 spiro atoms. The number of ether oxygens (including phenoxy) is 2. The summed E-state index contributed by atoms with van der Waals surface area (Å²) in [6.07, 6.45) is 1.75. The van der Waals surface area contributed by atoms with E-state index in [1.54, 1.807) is 6.92 Å². The molecule has 0 aliphatic rings. The summed E-state index contributed by atoms with van der Waals surface area (Å²) in [6, 6.07) is -0.573. The van der Waals surface area contributed by atoms with Crippen LogP contribution >= 0.6 is 12.4 Å². The summed E-state index contributed by atoms with van der Waals surface area (Å²) in [5.74, 6) is -0.226. The van der Waals surface area contributed by atoms with E-state index in [2.05, 4.69) is 0 Å². The lowest BCUT2D eigenvalue weighted by Gasteiger charge is -2.18. The van der Waals surface area contributed by atoms with E-state index in [9.17, 15) is 9.59 Å². The monoisotopic (exact) mass is 309 g/mol. The average Bonchev–Trinajstić information content (AvgIpc) is 2.37. The highest BCUT2D eigenvalue weighted by Crippen LogP contribution is 2.08. The number of esters is 2. The van der Waals surface area contributed by atoms with Crippen molar-refractivity contribution in [2.75, 3.05) is 13.2 Å². The van der Waals surface area contributed by atoms with Crippen molar-refractivity contribution in [3.8, 4) is 0 Å². The van der Waals surface area contributed by atoms with Gasteiger partial charge in [0, 0.05) is 12.3 Å². The molecule has 20 heavy (non-hydrogen) atoms. The fraction of sp³-hybridized carbons (Fsp3) is 0.857. The Labute approximate surface area is 128 Å². The van der Waals surface area contributed by atoms with Crippen molar-refractivity contribution in [2.24, 2.45) is 17.6 Å². The van der Waals surface area contributed by atoms with Crippen LogP contribution in [0, 0.1) is 11.8 Å². The number of rotatable bonds is 9. The Kier molecular flexibility index (Phi) is 12.9. The summed E-state index contributed by atoms with van der Waals surface area (Å²) in [5, 5.41) is 0. The molecule has 0 amide bonds. The minimum absolute atomic E-state index is 0. The second kappa shape index (κ2) is 12.0. The van der Waals surface area contributed by atoms with Crippen molar-refractivity contribution >= 4 is 24.3 Å². The van der Waals surface area contributed by atoms with Crippen molar-refractivity contribution in [2.45, 2.75) is 53.0 Å². The summed E-state index contributed by atoms with van der Waals surface area (Å²) < 4.78 is 10.2. The van der Waals surface area contributed by atoms with Gasteiger partial charge < -0.3 is 15.2 Å². The van der Waals surface area contributed by atoms with Gasteiger partial charge in [0.2, 0.25) is 0 Å². The van der Waals surface area contributed by atoms with Gasteiger partial charge in [-0.3, -0.25) is 9.59 Å². The number of hydrogen-bond acceptors (Lipinski definition) is 5. The average molecular weight is 310 g/mol. The van der Waals surface area contributed by atoms with Gasteiger partial charge >= 0.3 is 11.9 Å². The van der Waals surface area contributed by atoms with E-state index < -0.39 is 6.04 Å². The van der Waals surface area contributed by atoms with Gasteiger partial charge in [-0.15, -0.1) is 12.4 Å². The van der Waals surface area contributed by atoms with Crippen LogP contribution < -0.4 is 5.73 Å². The molecule has 0 saturated carbocycles. The largest absolute Gasteiger partial charge is 0.465 e. The van der Waals surface area contributed by atoms with Gasteiger partial charge in [-0.25, -0.2) is 0 Å². The van der Waals surface area contributed by atoms with Crippen LogP contribution in [0.2, 0.25) is 0 Å². The van der Waals surface area contributed by atoms with Crippen molar-refractivity contribution in [1.29, 1.82) is 0 Å². The molecule has 0 aromatic rings. The third-order valence-electron chi connectivity index (χ3n) is 2.84. The highest BCUT2D eigenvalue weighted by atomic mass is 35.5. The lowest BCUT2D eigenvalue weighted by molar-refractivity contribution is -0.150. The van der Waals surface area contributed by atoms with Crippen LogP contribution in [-0.2, 0) is 19.1 Å². The standard InChI is InChI=1S/C14H27NO4.ClH/c1-5-11(8-18-13(16)6-2)9-19-14(17)12(15)7-10(3)4;/h10-12H,5-9,15H2,1-4H3;1H/t11?,12-;/m0./s1. The molecule has 5 nitrogen and oxygen atoms in total. The minimum Gasteiger partial charge on any atom is -0.465 e. The summed E-state index contributed by atoms with van der Waals surface area (Å²) in [5.41, 5.74) is 5.73. The zero-order valence-electron chi connectivity index (χ0n) is 12.9. The van der Waals surface area contributed by atoms with Crippen LogP contribution in [0.15, 0.2) is 0 Å². The number of carbonyl (C=O) groups is 2. The van der Waals surface area contributed by atoms with Crippen LogP contribution in [0.25, 0.3) is 0 Å². The van der Waals surface area contributed by atoms with Crippen LogP contribution in [0.1, 0.15) is 47.0 Å². The van der Waals surface area contributed by atoms with E-state index in [-0.39, 0.29) is 43.5 Å². The van der Waals surface area contributed by atoms with E-state index >= 15 is 0 Å². The molecule has 6 heteroatoms. The summed E-state index contributed by atoms with van der Waals surface area (Å²) in [4.78, 5) is 22.7. The van der Waals surface area contributed by atoms with E-state index in [1.165, 1.54) is 0 Å². The number of hydrogen-bond donors (Lipinski definition) is 1. The quantitative estimate of drug-likeness (QED) is 0.661. The number of carbonyl (C=O) groups excluding carboxylic acids is 2.